The zero-order valence-corrected chi connectivity index (χ0v) is 14.4. The Bertz CT molecular complexity index is 495. The fourth-order valence-corrected chi connectivity index (χ4v) is 2.57. The topological polar surface area (TPSA) is 41.6 Å². The van der Waals surface area contributed by atoms with Crippen LogP contribution in [0.1, 0.15) is 19.4 Å². The van der Waals surface area contributed by atoms with Gasteiger partial charge < -0.3 is 9.64 Å². The summed E-state index contributed by atoms with van der Waals surface area (Å²) in [5.74, 6) is -0.354. The van der Waals surface area contributed by atoms with Crippen molar-refractivity contribution in [2.24, 2.45) is 0 Å². The number of carbonyl (C=O) groups excluding carboxylic acids is 1. The van der Waals surface area contributed by atoms with Crippen LogP contribution in [0.5, 0.6) is 0 Å². The van der Waals surface area contributed by atoms with E-state index < -0.39 is 5.54 Å². The quantitative estimate of drug-likeness (QED) is 0.779. The van der Waals surface area contributed by atoms with E-state index in [9.17, 15) is 4.79 Å². The molecule has 0 aliphatic carbocycles. The monoisotopic (exact) mass is 332 g/mol. The van der Waals surface area contributed by atoms with Crippen LogP contribution in [-0.2, 0) is 15.1 Å². The van der Waals surface area contributed by atoms with Gasteiger partial charge in [-0.25, -0.2) is 4.79 Å². The maximum atomic E-state index is 12.4. The third kappa shape index (κ3) is 4.85. The molecule has 4 nitrogen and oxygen atoms in total. The summed E-state index contributed by atoms with van der Waals surface area (Å²) < 4.78 is 5.20. The Kier molecular flexibility index (Phi) is 6.94. The van der Waals surface area contributed by atoms with Gasteiger partial charge in [0.2, 0.25) is 0 Å². The number of nitrogens with one attached hydrogen (secondary N) is 1. The van der Waals surface area contributed by atoms with Crippen molar-refractivity contribution in [3.63, 3.8) is 0 Å². The summed E-state index contributed by atoms with van der Waals surface area (Å²) in [5.41, 5.74) is -0.348. The van der Waals surface area contributed by atoms with Crippen LogP contribution in [-0.4, -0.2) is 44.7 Å². The molecule has 0 aliphatic heterocycles. The smallest absolute Gasteiger partial charge is 0.330 e. The van der Waals surface area contributed by atoms with E-state index in [-0.39, 0.29) is 5.97 Å². The molecule has 0 saturated carbocycles. The highest BCUT2D eigenvalue weighted by Gasteiger charge is 2.38. The van der Waals surface area contributed by atoms with Crippen LogP contribution in [0, 0.1) is 0 Å². The second kappa shape index (κ2) is 7.99. The van der Waals surface area contributed by atoms with Gasteiger partial charge in [0.05, 0.1) is 6.61 Å². The van der Waals surface area contributed by atoms with Gasteiger partial charge in [-0.05, 0) is 40.1 Å². The van der Waals surface area contributed by atoms with Gasteiger partial charge in [-0.3, -0.25) is 5.32 Å². The third-order valence-electron chi connectivity index (χ3n) is 3.19. The molecule has 0 radical (unpaired) electrons. The lowest BCUT2D eigenvalue weighted by Gasteiger charge is -2.30. The number of benzene rings is 1. The molecule has 6 heteroatoms. The summed E-state index contributed by atoms with van der Waals surface area (Å²) >= 11 is 12.2. The molecule has 21 heavy (non-hydrogen) atoms. The first-order chi connectivity index (χ1) is 9.81. The van der Waals surface area contributed by atoms with E-state index in [1.54, 1.807) is 32.0 Å². The maximum Gasteiger partial charge on any atom is 0.330 e. The first-order valence-electron chi connectivity index (χ1n) is 6.83. The minimum absolute atomic E-state index is 0.314. The molecule has 0 spiro atoms. The highest BCUT2D eigenvalue weighted by molar-refractivity contribution is 6.35. The fraction of sp³-hybridized carbons (Fsp3) is 0.533. The Balaban J connectivity index is 3.08. The zero-order chi connectivity index (χ0) is 16.0. The average Bonchev–Trinajstić information content (AvgIpc) is 2.38. The summed E-state index contributed by atoms with van der Waals surface area (Å²) in [7, 11) is 3.94. The predicted octanol–water partition coefficient (Wildman–Crippen LogP) is 2.92. The van der Waals surface area contributed by atoms with Crippen LogP contribution in [0.3, 0.4) is 0 Å². The number of esters is 1. The average molecular weight is 333 g/mol. The van der Waals surface area contributed by atoms with Gasteiger partial charge in [-0.1, -0.05) is 29.3 Å². The molecular weight excluding hydrogens is 311 g/mol. The molecular formula is C15H22Cl2N2O2. The highest BCUT2D eigenvalue weighted by atomic mass is 35.5. The van der Waals surface area contributed by atoms with Crippen molar-refractivity contribution in [2.75, 3.05) is 33.8 Å². The van der Waals surface area contributed by atoms with Crippen molar-refractivity contribution in [3.8, 4) is 0 Å². The number of likely N-dealkylation sites (N-methyl/N-ethyl adjacent to an activating group) is 1. The van der Waals surface area contributed by atoms with E-state index in [0.717, 1.165) is 6.54 Å². The summed E-state index contributed by atoms with van der Waals surface area (Å²) in [6.45, 7) is 5.29. The van der Waals surface area contributed by atoms with Gasteiger partial charge in [0.1, 0.15) is 5.54 Å². The van der Waals surface area contributed by atoms with Crippen molar-refractivity contribution in [1.29, 1.82) is 0 Å². The Labute approximate surface area is 136 Å². The number of halogens is 2. The van der Waals surface area contributed by atoms with Crippen LogP contribution < -0.4 is 5.32 Å². The standard InChI is InChI=1S/C15H22Cl2N2O2/c1-5-21-14(20)15(2,18-8-9-19(3)4)12-7-6-11(16)10-13(12)17/h6-7,10,18H,5,8-9H2,1-4H3. The molecule has 0 saturated heterocycles. The van der Waals surface area contributed by atoms with Crippen LogP contribution in [0.25, 0.3) is 0 Å². The van der Waals surface area contributed by atoms with Crippen LogP contribution in [0.2, 0.25) is 10.0 Å². The third-order valence-corrected chi connectivity index (χ3v) is 3.74. The molecule has 1 atom stereocenters. The number of carbonyl (C=O) groups is 1. The maximum absolute atomic E-state index is 12.4. The number of hydrogen-bond acceptors (Lipinski definition) is 4. The van der Waals surface area contributed by atoms with Gasteiger partial charge in [0.25, 0.3) is 0 Å². The minimum Gasteiger partial charge on any atom is -0.464 e. The van der Waals surface area contributed by atoms with E-state index in [1.165, 1.54) is 0 Å². The predicted molar refractivity (Wildman–Crippen MR) is 87.0 cm³/mol. The largest absolute Gasteiger partial charge is 0.464 e. The number of hydrogen-bond donors (Lipinski definition) is 1. The Morgan fingerprint density at radius 3 is 2.57 bits per heavy atom. The van der Waals surface area contributed by atoms with Gasteiger partial charge in [0.15, 0.2) is 0 Å². The summed E-state index contributed by atoms with van der Waals surface area (Å²) in [4.78, 5) is 14.4. The minimum atomic E-state index is -1.01. The second-order valence-electron chi connectivity index (χ2n) is 5.20. The molecule has 1 aromatic carbocycles. The molecule has 1 N–H and O–H groups in total. The molecule has 1 aromatic rings. The molecule has 0 aromatic heterocycles. The summed E-state index contributed by atoms with van der Waals surface area (Å²) in [6.07, 6.45) is 0. The van der Waals surface area contributed by atoms with Crippen LogP contribution in [0.4, 0.5) is 0 Å². The van der Waals surface area contributed by atoms with Crippen LogP contribution in [0.15, 0.2) is 18.2 Å². The van der Waals surface area contributed by atoms with Crippen molar-refractivity contribution in [1.82, 2.24) is 10.2 Å². The van der Waals surface area contributed by atoms with Crippen molar-refractivity contribution < 1.29 is 9.53 Å². The van der Waals surface area contributed by atoms with Crippen molar-refractivity contribution in [2.45, 2.75) is 19.4 Å². The molecule has 0 amide bonds. The molecule has 118 valence electrons. The Hall–Kier alpha value is -0.810. The molecule has 0 bridgehead atoms. The fourth-order valence-electron chi connectivity index (χ4n) is 1.98. The number of ether oxygens (including phenoxy) is 1. The van der Waals surface area contributed by atoms with E-state index in [4.69, 9.17) is 27.9 Å². The van der Waals surface area contributed by atoms with Gasteiger partial charge in [-0.2, -0.15) is 0 Å². The normalized spacial score (nSPS) is 14.0. The van der Waals surface area contributed by atoms with Crippen LogP contribution >= 0.6 is 23.2 Å². The lowest BCUT2D eigenvalue weighted by molar-refractivity contribution is -0.151. The lowest BCUT2D eigenvalue weighted by atomic mass is 9.91. The first-order valence-corrected chi connectivity index (χ1v) is 7.59. The van der Waals surface area contributed by atoms with E-state index in [1.807, 2.05) is 19.0 Å². The number of nitrogens with zero attached hydrogens (tertiary/aromatic N) is 1. The molecule has 0 heterocycles. The molecule has 0 aliphatic rings. The molecule has 1 unspecified atom stereocenters. The van der Waals surface area contributed by atoms with Crippen molar-refractivity contribution >= 4 is 29.2 Å². The van der Waals surface area contributed by atoms with E-state index >= 15 is 0 Å². The van der Waals surface area contributed by atoms with Gasteiger partial charge >= 0.3 is 5.97 Å². The van der Waals surface area contributed by atoms with E-state index in [2.05, 4.69) is 5.32 Å². The van der Waals surface area contributed by atoms with Gasteiger partial charge in [0, 0.05) is 28.7 Å². The SMILES string of the molecule is CCOC(=O)C(C)(NCCN(C)C)c1ccc(Cl)cc1Cl. The van der Waals surface area contributed by atoms with Gasteiger partial charge in [-0.15, -0.1) is 0 Å². The molecule has 1 rings (SSSR count). The Morgan fingerprint density at radius 2 is 2.05 bits per heavy atom. The lowest BCUT2D eigenvalue weighted by Crippen LogP contribution is -2.49. The Morgan fingerprint density at radius 1 is 1.38 bits per heavy atom. The highest BCUT2D eigenvalue weighted by Crippen LogP contribution is 2.31. The number of rotatable bonds is 7. The zero-order valence-electron chi connectivity index (χ0n) is 12.9. The van der Waals surface area contributed by atoms with E-state index in [0.29, 0.717) is 28.8 Å². The summed E-state index contributed by atoms with van der Waals surface area (Å²) in [6, 6.07) is 5.10. The van der Waals surface area contributed by atoms with Crippen molar-refractivity contribution in [3.05, 3.63) is 33.8 Å². The first kappa shape index (κ1) is 18.2. The molecule has 0 fully saturated rings. The summed E-state index contributed by atoms with van der Waals surface area (Å²) in [5, 5.41) is 4.22. The second-order valence-corrected chi connectivity index (χ2v) is 6.04.